The second-order valence-electron chi connectivity index (χ2n) is 7.69. The van der Waals surface area contributed by atoms with Crippen LogP contribution in [-0.2, 0) is 4.79 Å². The molecule has 0 saturated heterocycles. The van der Waals surface area contributed by atoms with Gasteiger partial charge in [0.15, 0.2) is 5.76 Å². The Morgan fingerprint density at radius 2 is 1.41 bits per heavy atom. The maximum absolute atomic E-state index is 13.3. The summed E-state index contributed by atoms with van der Waals surface area (Å²) in [5.74, 6) is -2.59. The van der Waals surface area contributed by atoms with Gasteiger partial charge in [-0.3, -0.25) is 19.3 Å². The Labute approximate surface area is 198 Å². The number of hydrogen-bond donors (Lipinski definition) is 0. The zero-order valence-electron chi connectivity index (χ0n) is 17.8. The summed E-state index contributed by atoms with van der Waals surface area (Å²) in [7, 11) is 0. The van der Waals surface area contributed by atoms with Crippen LogP contribution in [0.4, 0.5) is 0 Å². The Bertz CT molecular complexity index is 1520. The van der Waals surface area contributed by atoms with Crippen molar-refractivity contribution in [3.8, 4) is 17.1 Å². The highest BCUT2D eigenvalue weighted by Gasteiger charge is 2.41. The molecule has 2 amide bonds. The highest BCUT2D eigenvalue weighted by Crippen LogP contribution is 2.35. The topological polar surface area (TPSA) is 93.9 Å². The zero-order valence-corrected chi connectivity index (χ0v) is 18.5. The van der Waals surface area contributed by atoms with Gasteiger partial charge in [0.05, 0.1) is 21.5 Å². The molecule has 34 heavy (non-hydrogen) atoms. The van der Waals surface area contributed by atoms with Crippen molar-refractivity contribution in [3.05, 3.63) is 99.2 Å². The first-order valence-electron chi connectivity index (χ1n) is 10.4. The largest absolute Gasteiger partial charge is 0.452 e. The van der Waals surface area contributed by atoms with Gasteiger partial charge in [-0.05, 0) is 43.3 Å². The third-order valence-corrected chi connectivity index (χ3v) is 5.96. The lowest BCUT2D eigenvalue weighted by Gasteiger charge is -2.21. The van der Waals surface area contributed by atoms with Crippen LogP contribution < -0.4 is 10.2 Å². The van der Waals surface area contributed by atoms with Crippen LogP contribution in [0.5, 0.6) is 5.75 Å². The van der Waals surface area contributed by atoms with E-state index < -0.39 is 29.3 Å². The first kappa shape index (κ1) is 21.6. The second kappa shape index (κ2) is 8.28. The van der Waals surface area contributed by atoms with Crippen LogP contribution in [0.2, 0.25) is 5.02 Å². The van der Waals surface area contributed by atoms with Crippen molar-refractivity contribution < 1.29 is 23.5 Å². The molecule has 8 heteroatoms. The first-order chi connectivity index (χ1) is 16.4. The molecule has 0 saturated carbocycles. The van der Waals surface area contributed by atoms with Gasteiger partial charge in [0.2, 0.25) is 11.2 Å². The van der Waals surface area contributed by atoms with E-state index in [0.29, 0.717) is 5.56 Å². The highest BCUT2D eigenvalue weighted by atomic mass is 35.5. The minimum Gasteiger partial charge on any atom is -0.452 e. The van der Waals surface area contributed by atoms with E-state index in [1.807, 2.05) is 0 Å². The smallest absolute Gasteiger partial charge is 0.334 e. The van der Waals surface area contributed by atoms with Gasteiger partial charge in [-0.25, -0.2) is 4.79 Å². The summed E-state index contributed by atoms with van der Waals surface area (Å²) in [4.78, 5) is 52.8. The molecule has 168 valence electrons. The number of fused-ring (bicyclic) bond motifs is 2. The van der Waals surface area contributed by atoms with Gasteiger partial charge in [-0.1, -0.05) is 48.0 Å². The summed E-state index contributed by atoms with van der Waals surface area (Å²) in [5.41, 5.74) is 0.460. The monoisotopic (exact) mass is 473 g/mol. The Hall–Kier alpha value is -4.23. The van der Waals surface area contributed by atoms with Crippen molar-refractivity contribution in [1.82, 2.24) is 4.90 Å². The van der Waals surface area contributed by atoms with Gasteiger partial charge in [-0.15, -0.1) is 0 Å². The minimum atomic E-state index is -1.29. The van der Waals surface area contributed by atoms with Crippen molar-refractivity contribution in [2.75, 3.05) is 0 Å². The molecule has 0 aliphatic carbocycles. The van der Waals surface area contributed by atoms with E-state index in [0.717, 1.165) is 4.90 Å². The number of ether oxygens (including phenoxy) is 1. The fraction of sp³-hybridized carbons (Fsp3) is 0.0769. The minimum absolute atomic E-state index is 0.0304. The summed E-state index contributed by atoms with van der Waals surface area (Å²) in [5, 5.41) is 0.487. The lowest BCUT2D eigenvalue weighted by atomic mass is 10.1. The van der Waals surface area contributed by atoms with Crippen LogP contribution in [0.25, 0.3) is 22.3 Å². The summed E-state index contributed by atoms with van der Waals surface area (Å²) in [6.07, 6.45) is 0. The predicted molar refractivity (Wildman–Crippen MR) is 125 cm³/mol. The van der Waals surface area contributed by atoms with E-state index >= 15 is 0 Å². The summed E-state index contributed by atoms with van der Waals surface area (Å²) < 4.78 is 11.4. The number of amides is 2. The molecule has 0 bridgehead atoms. The number of nitrogens with zero attached hydrogens (tertiary/aromatic N) is 1. The molecule has 4 aromatic rings. The number of carbonyl (C=O) groups excluding carboxylic acids is 3. The quantitative estimate of drug-likeness (QED) is 0.315. The normalized spacial score (nSPS) is 13.8. The summed E-state index contributed by atoms with van der Waals surface area (Å²) in [6.45, 7) is 1.36. The van der Waals surface area contributed by atoms with Gasteiger partial charge >= 0.3 is 5.97 Å². The van der Waals surface area contributed by atoms with Crippen molar-refractivity contribution in [1.29, 1.82) is 0 Å². The molecule has 7 nitrogen and oxygen atoms in total. The highest BCUT2D eigenvalue weighted by molar-refractivity contribution is 6.33. The van der Waals surface area contributed by atoms with Gasteiger partial charge in [0.25, 0.3) is 11.8 Å². The molecule has 1 aromatic heterocycles. The molecular weight excluding hydrogens is 458 g/mol. The molecule has 0 radical (unpaired) electrons. The zero-order chi connectivity index (χ0) is 24.0. The van der Waals surface area contributed by atoms with Crippen LogP contribution in [0.3, 0.4) is 0 Å². The van der Waals surface area contributed by atoms with Gasteiger partial charge < -0.3 is 9.15 Å². The van der Waals surface area contributed by atoms with Crippen molar-refractivity contribution >= 4 is 40.4 Å². The Kier molecular flexibility index (Phi) is 5.26. The number of hydrogen-bond acceptors (Lipinski definition) is 6. The second-order valence-corrected chi connectivity index (χ2v) is 8.10. The SMILES string of the molecule is CC(C(=O)Oc1c(-c2ccccc2Cl)oc2ccccc2c1=O)N1C(=O)c2ccccc2C1=O. The molecule has 0 spiro atoms. The fourth-order valence-electron chi connectivity index (χ4n) is 3.89. The Morgan fingerprint density at radius 3 is 2.06 bits per heavy atom. The van der Waals surface area contributed by atoms with E-state index in [2.05, 4.69) is 0 Å². The van der Waals surface area contributed by atoms with Crippen LogP contribution in [0, 0.1) is 0 Å². The first-order valence-corrected chi connectivity index (χ1v) is 10.8. The third-order valence-electron chi connectivity index (χ3n) is 5.63. The predicted octanol–water partition coefficient (Wildman–Crippen LogP) is 4.70. The van der Waals surface area contributed by atoms with Crippen molar-refractivity contribution in [2.24, 2.45) is 0 Å². The third kappa shape index (κ3) is 3.38. The average Bonchev–Trinajstić information content (AvgIpc) is 3.10. The molecule has 5 rings (SSSR count). The maximum atomic E-state index is 13.3. The van der Waals surface area contributed by atoms with Crippen LogP contribution in [-0.4, -0.2) is 28.7 Å². The lowest BCUT2D eigenvalue weighted by molar-refractivity contribution is -0.138. The van der Waals surface area contributed by atoms with E-state index in [4.69, 9.17) is 20.8 Å². The number of halogens is 1. The molecule has 3 aromatic carbocycles. The molecule has 0 fully saturated rings. The van der Waals surface area contributed by atoms with Crippen LogP contribution in [0.1, 0.15) is 27.6 Å². The number of imide groups is 1. The lowest BCUT2D eigenvalue weighted by Crippen LogP contribution is -2.45. The standard InChI is InChI=1S/C26H16ClNO6/c1-14(28-24(30)15-8-2-3-9-16(15)25(28)31)26(32)34-23-21(29)18-11-5-7-13-20(18)33-22(23)17-10-4-6-12-19(17)27/h2-14H,1H3. The molecule has 2 heterocycles. The van der Waals surface area contributed by atoms with Gasteiger partial charge in [0, 0.05) is 5.56 Å². The number of esters is 1. The number of carbonyl (C=O) groups is 3. The van der Waals surface area contributed by atoms with Gasteiger partial charge in [-0.2, -0.15) is 0 Å². The molecular formula is C26H16ClNO6. The van der Waals surface area contributed by atoms with Crippen LogP contribution in [0.15, 0.2) is 82.0 Å². The Morgan fingerprint density at radius 1 is 0.853 bits per heavy atom. The molecule has 1 atom stereocenters. The van der Waals surface area contributed by atoms with Crippen molar-refractivity contribution in [3.63, 3.8) is 0 Å². The van der Waals surface area contributed by atoms with E-state index in [9.17, 15) is 19.2 Å². The number of rotatable bonds is 4. The maximum Gasteiger partial charge on any atom is 0.334 e. The number of para-hydroxylation sites is 1. The molecule has 1 aliphatic rings. The van der Waals surface area contributed by atoms with E-state index in [1.54, 1.807) is 60.7 Å². The Balaban J connectivity index is 1.57. The molecule has 0 N–H and O–H groups in total. The summed E-state index contributed by atoms with van der Waals surface area (Å²) in [6, 6.07) is 18.2. The fourth-order valence-corrected chi connectivity index (χ4v) is 4.11. The molecule has 1 aliphatic heterocycles. The van der Waals surface area contributed by atoms with Crippen LogP contribution >= 0.6 is 11.6 Å². The van der Waals surface area contributed by atoms with Crippen molar-refractivity contribution in [2.45, 2.75) is 13.0 Å². The molecule has 1 unspecified atom stereocenters. The summed E-state index contributed by atoms with van der Waals surface area (Å²) >= 11 is 6.33. The van der Waals surface area contributed by atoms with E-state index in [-0.39, 0.29) is 38.6 Å². The number of benzene rings is 3. The van der Waals surface area contributed by atoms with E-state index in [1.165, 1.54) is 19.1 Å². The van der Waals surface area contributed by atoms with Gasteiger partial charge in [0.1, 0.15) is 11.6 Å². The average molecular weight is 474 g/mol.